The lowest BCUT2D eigenvalue weighted by molar-refractivity contribution is -0.255. The highest BCUT2D eigenvalue weighted by Gasteiger charge is 2.00. The van der Waals surface area contributed by atoms with Crippen molar-refractivity contribution in [3.8, 4) is 0 Å². The predicted octanol–water partition coefficient (Wildman–Crippen LogP) is 1.17. The van der Waals surface area contributed by atoms with Crippen LogP contribution in [0.4, 0.5) is 0 Å². The van der Waals surface area contributed by atoms with Crippen molar-refractivity contribution < 1.29 is 9.90 Å². The zero-order valence-corrected chi connectivity index (χ0v) is 7.32. The topological polar surface area (TPSA) is 40.1 Å². The number of aryl methyl sites for hydroxylation is 1. The largest absolute Gasteiger partial charge is 0.545 e. The lowest BCUT2D eigenvalue weighted by Gasteiger charge is -2.08. The molecule has 2 heteroatoms. The molecule has 0 saturated carbocycles. The summed E-state index contributed by atoms with van der Waals surface area (Å²) >= 11 is 0. The predicted molar refractivity (Wildman–Crippen MR) is 49.3 cm³/mol. The van der Waals surface area contributed by atoms with Crippen molar-refractivity contribution in [2.24, 2.45) is 0 Å². The zero-order chi connectivity index (χ0) is 9.68. The highest BCUT2D eigenvalue weighted by atomic mass is 16.4. The standard InChI is InChI=1S/C11H12O2/c1-2-3-6-9-7-4-5-8-10(9)11(12)13/h2,4-5,7-8H,1,3,6H2,(H,12,13)/p-1. The van der Waals surface area contributed by atoms with Crippen molar-refractivity contribution in [2.45, 2.75) is 12.8 Å². The van der Waals surface area contributed by atoms with Gasteiger partial charge in [-0.3, -0.25) is 0 Å². The highest BCUT2D eigenvalue weighted by molar-refractivity contribution is 5.87. The summed E-state index contributed by atoms with van der Waals surface area (Å²) in [4.78, 5) is 10.6. The van der Waals surface area contributed by atoms with E-state index in [9.17, 15) is 9.90 Å². The van der Waals surface area contributed by atoms with Gasteiger partial charge in [0.1, 0.15) is 0 Å². The molecular weight excluding hydrogens is 164 g/mol. The average molecular weight is 175 g/mol. The van der Waals surface area contributed by atoms with Crippen LogP contribution >= 0.6 is 0 Å². The molecule has 2 nitrogen and oxygen atoms in total. The fourth-order valence-electron chi connectivity index (χ4n) is 1.20. The number of carboxylic acids is 1. The Morgan fingerprint density at radius 3 is 2.77 bits per heavy atom. The number of carbonyl (C=O) groups is 1. The van der Waals surface area contributed by atoms with Gasteiger partial charge < -0.3 is 9.90 Å². The van der Waals surface area contributed by atoms with Crippen LogP contribution in [0.3, 0.4) is 0 Å². The molecule has 0 bridgehead atoms. The first-order chi connectivity index (χ1) is 6.25. The fraction of sp³-hybridized carbons (Fsp3) is 0.182. The second-order valence-corrected chi connectivity index (χ2v) is 2.77. The molecule has 0 amide bonds. The molecule has 0 fully saturated rings. The zero-order valence-electron chi connectivity index (χ0n) is 7.32. The van der Waals surface area contributed by atoms with Gasteiger partial charge in [-0.25, -0.2) is 0 Å². The highest BCUT2D eigenvalue weighted by Crippen LogP contribution is 2.10. The number of aromatic carboxylic acids is 1. The second kappa shape index (κ2) is 4.45. The molecule has 0 aliphatic heterocycles. The molecule has 0 spiro atoms. The van der Waals surface area contributed by atoms with E-state index in [1.54, 1.807) is 24.3 Å². The molecular formula is C11H11O2-. The maximum absolute atomic E-state index is 10.6. The van der Waals surface area contributed by atoms with Gasteiger partial charge in [-0.2, -0.15) is 0 Å². The second-order valence-electron chi connectivity index (χ2n) is 2.77. The molecule has 1 aromatic rings. The van der Waals surface area contributed by atoms with Crippen molar-refractivity contribution in [2.75, 3.05) is 0 Å². The number of allylic oxidation sites excluding steroid dienone is 1. The lowest BCUT2D eigenvalue weighted by atomic mass is 10.0. The molecule has 0 aliphatic carbocycles. The Kier molecular flexibility index (Phi) is 3.26. The van der Waals surface area contributed by atoms with Gasteiger partial charge >= 0.3 is 0 Å². The van der Waals surface area contributed by atoms with Crippen LogP contribution in [0.15, 0.2) is 36.9 Å². The molecule has 0 atom stereocenters. The molecule has 0 saturated heterocycles. The third-order valence-corrected chi connectivity index (χ3v) is 1.86. The summed E-state index contributed by atoms with van der Waals surface area (Å²) < 4.78 is 0. The van der Waals surface area contributed by atoms with Gasteiger partial charge in [0.05, 0.1) is 5.97 Å². The summed E-state index contributed by atoms with van der Waals surface area (Å²) in [5.41, 5.74) is 1.09. The van der Waals surface area contributed by atoms with Crippen molar-refractivity contribution in [1.82, 2.24) is 0 Å². The van der Waals surface area contributed by atoms with Gasteiger partial charge in [-0.05, 0) is 18.4 Å². The Morgan fingerprint density at radius 1 is 1.46 bits per heavy atom. The molecule has 1 rings (SSSR count). The maximum atomic E-state index is 10.6. The number of benzene rings is 1. The smallest absolute Gasteiger partial charge is 0.0718 e. The molecule has 13 heavy (non-hydrogen) atoms. The van der Waals surface area contributed by atoms with Crippen LogP contribution in [0, 0.1) is 0 Å². The Hall–Kier alpha value is -1.57. The van der Waals surface area contributed by atoms with Crippen molar-refractivity contribution in [3.05, 3.63) is 48.0 Å². The minimum absolute atomic E-state index is 0.282. The third kappa shape index (κ3) is 2.44. The van der Waals surface area contributed by atoms with E-state index in [4.69, 9.17) is 0 Å². The number of hydrogen-bond donors (Lipinski definition) is 0. The number of carbonyl (C=O) groups excluding carboxylic acids is 1. The third-order valence-electron chi connectivity index (χ3n) is 1.86. The average Bonchev–Trinajstić information content (AvgIpc) is 2.15. The summed E-state index contributed by atoms with van der Waals surface area (Å²) in [5.74, 6) is -1.11. The van der Waals surface area contributed by atoms with Crippen LogP contribution in [0.1, 0.15) is 22.3 Å². The first-order valence-electron chi connectivity index (χ1n) is 4.16. The van der Waals surface area contributed by atoms with Gasteiger partial charge in [-0.1, -0.05) is 30.3 Å². The molecule has 0 aromatic heterocycles. The van der Waals surface area contributed by atoms with Gasteiger partial charge in [0.15, 0.2) is 0 Å². The minimum Gasteiger partial charge on any atom is -0.545 e. The minimum atomic E-state index is -1.11. The van der Waals surface area contributed by atoms with E-state index < -0.39 is 5.97 Å². The van der Waals surface area contributed by atoms with E-state index in [1.807, 2.05) is 6.07 Å². The SMILES string of the molecule is C=CCCc1ccccc1C(=O)[O-]. The van der Waals surface area contributed by atoms with E-state index in [1.165, 1.54) is 0 Å². The first-order valence-corrected chi connectivity index (χ1v) is 4.16. The quantitative estimate of drug-likeness (QED) is 0.644. The van der Waals surface area contributed by atoms with E-state index >= 15 is 0 Å². The lowest BCUT2D eigenvalue weighted by Crippen LogP contribution is -2.23. The van der Waals surface area contributed by atoms with E-state index in [0.717, 1.165) is 12.0 Å². The number of hydrogen-bond acceptors (Lipinski definition) is 2. The summed E-state index contributed by atoms with van der Waals surface area (Å²) in [6, 6.07) is 6.88. The van der Waals surface area contributed by atoms with E-state index in [0.29, 0.717) is 6.42 Å². The van der Waals surface area contributed by atoms with E-state index in [-0.39, 0.29) is 5.56 Å². The molecule has 0 N–H and O–H groups in total. The monoisotopic (exact) mass is 175 g/mol. The van der Waals surface area contributed by atoms with Gasteiger partial charge in [0.2, 0.25) is 0 Å². The Balaban J connectivity index is 2.90. The van der Waals surface area contributed by atoms with Crippen molar-refractivity contribution in [3.63, 3.8) is 0 Å². The van der Waals surface area contributed by atoms with Crippen LogP contribution in [0.25, 0.3) is 0 Å². The summed E-state index contributed by atoms with van der Waals surface area (Å²) in [7, 11) is 0. The van der Waals surface area contributed by atoms with Crippen molar-refractivity contribution >= 4 is 5.97 Å². The molecule has 0 aliphatic rings. The first kappa shape index (κ1) is 9.52. The molecule has 0 radical (unpaired) electrons. The van der Waals surface area contributed by atoms with Crippen LogP contribution in [-0.4, -0.2) is 5.97 Å². The Morgan fingerprint density at radius 2 is 2.15 bits per heavy atom. The number of rotatable bonds is 4. The van der Waals surface area contributed by atoms with Crippen LogP contribution in [0.2, 0.25) is 0 Å². The van der Waals surface area contributed by atoms with Crippen LogP contribution in [-0.2, 0) is 6.42 Å². The molecule has 0 unspecified atom stereocenters. The van der Waals surface area contributed by atoms with Crippen molar-refractivity contribution in [1.29, 1.82) is 0 Å². The normalized spacial score (nSPS) is 9.54. The molecule has 1 aromatic carbocycles. The Labute approximate surface area is 77.5 Å². The van der Waals surface area contributed by atoms with Crippen LogP contribution < -0.4 is 5.11 Å². The van der Waals surface area contributed by atoms with Gasteiger partial charge in [0.25, 0.3) is 0 Å². The fourth-order valence-corrected chi connectivity index (χ4v) is 1.20. The van der Waals surface area contributed by atoms with Gasteiger partial charge in [0, 0.05) is 5.56 Å². The van der Waals surface area contributed by atoms with Crippen LogP contribution in [0.5, 0.6) is 0 Å². The maximum Gasteiger partial charge on any atom is 0.0718 e. The summed E-state index contributed by atoms with van der Waals surface area (Å²) in [5, 5.41) is 10.6. The van der Waals surface area contributed by atoms with E-state index in [2.05, 4.69) is 6.58 Å². The Bertz CT molecular complexity index is 316. The molecule has 0 heterocycles. The summed E-state index contributed by atoms with van der Waals surface area (Å²) in [6.07, 6.45) is 3.25. The van der Waals surface area contributed by atoms with Gasteiger partial charge in [-0.15, -0.1) is 6.58 Å². The molecule has 68 valence electrons. The number of carboxylic acid groups (broad SMARTS) is 1. The summed E-state index contributed by atoms with van der Waals surface area (Å²) in [6.45, 7) is 3.59.